The van der Waals surface area contributed by atoms with E-state index < -0.39 is 5.41 Å². The molecule has 0 N–H and O–H groups in total. The predicted molar refractivity (Wildman–Crippen MR) is 237 cm³/mol. The van der Waals surface area contributed by atoms with Crippen LogP contribution in [0.5, 0.6) is 0 Å². The Morgan fingerprint density at radius 2 is 0.860 bits per heavy atom. The normalized spacial score (nSPS) is 14.7. The molecule has 0 saturated carbocycles. The maximum absolute atomic E-state index is 2.51. The average Bonchev–Trinajstić information content (AvgIpc) is 3.78. The molecule has 1 aromatic heterocycles. The molecular formula is C55H36N2. The Balaban J connectivity index is 1.06. The molecule has 2 nitrogen and oxygen atoms in total. The van der Waals surface area contributed by atoms with E-state index in [0.29, 0.717) is 0 Å². The highest BCUT2D eigenvalue weighted by Gasteiger charge is 2.51. The molecular weight excluding hydrogens is 689 g/mol. The van der Waals surface area contributed by atoms with Crippen LogP contribution in [0.1, 0.15) is 22.3 Å². The van der Waals surface area contributed by atoms with Gasteiger partial charge in [0.2, 0.25) is 0 Å². The molecule has 57 heavy (non-hydrogen) atoms. The topological polar surface area (TPSA) is 8.17 Å². The van der Waals surface area contributed by atoms with Gasteiger partial charge in [-0.15, -0.1) is 0 Å². The van der Waals surface area contributed by atoms with Gasteiger partial charge in [0.1, 0.15) is 0 Å². The van der Waals surface area contributed by atoms with Gasteiger partial charge in [-0.3, -0.25) is 0 Å². The van der Waals surface area contributed by atoms with Crippen LogP contribution in [-0.4, -0.2) is 4.57 Å². The second-order valence-electron chi connectivity index (χ2n) is 15.3. The summed E-state index contributed by atoms with van der Waals surface area (Å²) in [6, 6.07) is 80.4. The number of fused-ring (bicyclic) bond motifs is 12. The van der Waals surface area contributed by atoms with Crippen molar-refractivity contribution in [1.29, 1.82) is 0 Å². The highest BCUT2D eigenvalue weighted by atomic mass is 15.1. The molecule has 1 spiro atoms. The summed E-state index contributed by atoms with van der Waals surface area (Å²) in [6.07, 6.45) is 0. The van der Waals surface area contributed by atoms with Crippen molar-refractivity contribution in [3.63, 3.8) is 0 Å². The van der Waals surface area contributed by atoms with Crippen molar-refractivity contribution in [2.45, 2.75) is 5.41 Å². The SMILES string of the molecule is c1ccc(-c2ccc(-c3ccc(N(c4ccccc4)c4ccc5c(c4)C4(c6ccccc6-5)c5ccccc5-n5c6ccccc6c6cccc4c65)cc3)cc2)cc1. The van der Waals surface area contributed by atoms with Crippen LogP contribution in [0.3, 0.4) is 0 Å². The van der Waals surface area contributed by atoms with Crippen LogP contribution in [0.25, 0.3) is 60.9 Å². The molecule has 0 bridgehead atoms. The zero-order chi connectivity index (χ0) is 37.5. The second-order valence-corrected chi connectivity index (χ2v) is 15.3. The number of benzene rings is 9. The lowest BCUT2D eigenvalue weighted by Crippen LogP contribution is -2.33. The van der Waals surface area contributed by atoms with Crippen molar-refractivity contribution in [2.75, 3.05) is 4.90 Å². The standard InChI is InChI=1S/C55H36N2/c1-3-14-37(15-4-1)38-26-28-39(29-27-38)40-30-32-42(33-31-40)56(41-16-5-2-6-17-41)43-34-35-45-44-18-7-9-21-48(44)55(51(45)36-43)49-22-10-12-25-53(49)57-52-24-11-8-19-46(52)47-20-13-23-50(55)54(47)57/h1-36H. The lowest BCUT2D eigenvalue weighted by atomic mass is 9.65. The second kappa shape index (κ2) is 12.3. The molecule has 12 rings (SSSR count). The zero-order valence-electron chi connectivity index (χ0n) is 31.2. The highest BCUT2D eigenvalue weighted by molar-refractivity contribution is 6.13. The summed E-state index contributed by atoms with van der Waals surface area (Å²) in [5.74, 6) is 0. The Kier molecular flexibility index (Phi) is 6.88. The van der Waals surface area contributed by atoms with E-state index in [2.05, 4.69) is 228 Å². The van der Waals surface area contributed by atoms with Gasteiger partial charge in [-0.1, -0.05) is 170 Å². The van der Waals surface area contributed by atoms with Gasteiger partial charge in [0.15, 0.2) is 0 Å². The number of rotatable bonds is 5. The summed E-state index contributed by atoms with van der Waals surface area (Å²) in [6.45, 7) is 0. The molecule has 2 heteroatoms. The number of para-hydroxylation sites is 4. The molecule has 1 aliphatic heterocycles. The zero-order valence-corrected chi connectivity index (χ0v) is 31.2. The lowest BCUT2D eigenvalue weighted by molar-refractivity contribution is 0.748. The minimum absolute atomic E-state index is 0.513. The quantitative estimate of drug-likeness (QED) is 0.172. The minimum Gasteiger partial charge on any atom is -0.310 e. The van der Waals surface area contributed by atoms with E-state index in [1.165, 1.54) is 83.1 Å². The number of hydrogen-bond acceptors (Lipinski definition) is 1. The van der Waals surface area contributed by atoms with Gasteiger partial charge in [-0.2, -0.15) is 0 Å². The number of anilines is 3. The average molecular weight is 725 g/mol. The van der Waals surface area contributed by atoms with Crippen molar-refractivity contribution in [3.8, 4) is 39.1 Å². The smallest absolute Gasteiger partial charge is 0.0755 e. The Bertz CT molecular complexity index is 3160. The third kappa shape index (κ3) is 4.53. The summed E-state index contributed by atoms with van der Waals surface area (Å²) in [4.78, 5) is 2.41. The minimum atomic E-state index is -0.513. The Morgan fingerprint density at radius 3 is 1.63 bits per heavy atom. The van der Waals surface area contributed by atoms with Crippen LogP contribution in [0.2, 0.25) is 0 Å². The van der Waals surface area contributed by atoms with Gasteiger partial charge in [0.25, 0.3) is 0 Å². The molecule has 2 heterocycles. The molecule has 0 amide bonds. The van der Waals surface area contributed by atoms with Gasteiger partial charge in [0.05, 0.1) is 22.1 Å². The number of aromatic nitrogens is 1. The van der Waals surface area contributed by atoms with Crippen molar-refractivity contribution in [3.05, 3.63) is 241 Å². The van der Waals surface area contributed by atoms with Crippen molar-refractivity contribution in [2.24, 2.45) is 0 Å². The fourth-order valence-corrected chi connectivity index (χ4v) is 10.0. The van der Waals surface area contributed by atoms with Crippen molar-refractivity contribution in [1.82, 2.24) is 4.57 Å². The molecule has 0 radical (unpaired) electrons. The van der Waals surface area contributed by atoms with Crippen LogP contribution in [0.4, 0.5) is 17.1 Å². The largest absolute Gasteiger partial charge is 0.310 e. The first-order valence-corrected chi connectivity index (χ1v) is 19.8. The predicted octanol–water partition coefficient (Wildman–Crippen LogP) is 14.3. The molecule has 1 unspecified atom stereocenters. The molecule has 1 aliphatic carbocycles. The highest BCUT2D eigenvalue weighted by Crippen LogP contribution is 2.61. The third-order valence-corrected chi connectivity index (χ3v) is 12.4. The molecule has 10 aromatic rings. The Morgan fingerprint density at radius 1 is 0.333 bits per heavy atom. The Labute approximate surface area is 332 Å². The van der Waals surface area contributed by atoms with Gasteiger partial charge < -0.3 is 9.47 Å². The summed E-state index contributed by atoms with van der Waals surface area (Å²) < 4.78 is 2.51. The maximum Gasteiger partial charge on any atom is 0.0755 e. The van der Waals surface area contributed by atoms with Crippen molar-refractivity contribution >= 4 is 38.9 Å². The van der Waals surface area contributed by atoms with E-state index in [0.717, 1.165) is 17.1 Å². The van der Waals surface area contributed by atoms with Crippen LogP contribution in [-0.2, 0) is 5.41 Å². The van der Waals surface area contributed by atoms with Crippen LogP contribution in [0.15, 0.2) is 218 Å². The van der Waals surface area contributed by atoms with E-state index in [1.807, 2.05) is 0 Å². The summed E-state index contributed by atoms with van der Waals surface area (Å²) in [5, 5.41) is 2.58. The van der Waals surface area contributed by atoms with E-state index in [1.54, 1.807) is 0 Å². The fourth-order valence-electron chi connectivity index (χ4n) is 10.0. The summed E-state index contributed by atoms with van der Waals surface area (Å²) >= 11 is 0. The first-order valence-electron chi connectivity index (χ1n) is 19.8. The first-order chi connectivity index (χ1) is 28.3. The van der Waals surface area contributed by atoms with Gasteiger partial charge in [0, 0.05) is 27.8 Å². The lowest BCUT2D eigenvalue weighted by Gasteiger charge is -2.40. The van der Waals surface area contributed by atoms with Crippen LogP contribution < -0.4 is 4.90 Å². The van der Waals surface area contributed by atoms with Gasteiger partial charge >= 0.3 is 0 Å². The fraction of sp³-hybridized carbons (Fsp3) is 0.0182. The van der Waals surface area contributed by atoms with Crippen molar-refractivity contribution < 1.29 is 0 Å². The third-order valence-electron chi connectivity index (χ3n) is 12.4. The Hall–Kier alpha value is -7.42. The van der Waals surface area contributed by atoms with Gasteiger partial charge in [-0.05, 0) is 104 Å². The molecule has 0 fully saturated rings. The van der Waals surface area contributed by atoms with Crippen LogP contribution >= 0.6 is 0 Å². The summed E-state index contributed by atoms with van der Waals surface area (Å²) in [5.41, 5.74) is 19.3. The molecule has 9 aromatic carbocycles. The number of hydrogen-bond donors (Lipinski definition) is 0. The van der Waals surface area contributed by atoms with E-state index >= 15 is 0 Å². The first kappa shape index (κ1) is 31.9. The molecule has 266 valence electrons. The monoisotopic (exact) mass is 724 g/mol. The van der Waals surface area contributed by atoms with E-state index in [9.17, 15) is 0 Å². The molecule has 2 aliphatic rings. The van der Waals surface area contributed by atoms with Crippen LogP contribution in [0, 0.1) is 0 Å². The van der Waals surface area contributed by atoms with E-state index in [-0.39, 0.29) is 0 Å². The van der Waals surface area contributed by atoms with Gasteiger partial charge in [-0.25, -0.2) is 0 Å². The molecule has 0 saturated heterocycles. The van der Waals surface area contributed by atoms with E-state index in [4.69, 9.17) is 0 Å². The summed E-state index contributed by atoms with van der Waals surface area (Å²) in [7, 11) is 0. The number of nitrogens with zero attached hydrogens (tertiary/aromatic N) is 2. The molecule has 1 atom stereocenters. The maximum atomic E-state index is 2.51.